The zero-order valence-electron chi connectivity index (χ0n) is 20.2. The van der Waals surface area contributed by atoms with E-state index < -0.39 is 17.9 Å². The van der Waals surface area contributed by atoms with Crippen molar-refractivity contribution in [1.82, 2.24) is 0 Å². The average molecular weight is 445 g/mol. The minimum atomic E-state index is -0.659. The lowest BCUT2D eigenvalue weighted by Crippen LogP contribution is -2.40. The molecule has 3 heterocycles. The molecule has 3 aliphatic heterocycles. The molecule has 0 amide bonds. The van der Waals surface area contributed by atoms with E-state index >= 15 is 0 Å². The van der Waals surface area contributed by atoms with E-state index in [1.165, 1.54) is 38.5 Å². The Kier molecular flexibility index (Phi) is 9.59. The van der Waals surface area contributed by atoms with E-state index in [2.05, 4.69) is 6.92 Å². The van der Waals surface area contributed by atoms with Crippen molar-refractivity contribution < 1.29 is 33.2 Å². The first-order valence-corrected chi connectivity index (χ1v) is 12.3. The van der Waals surface area contributed by atoms with Gasteiger partial charge in [-0.25, -0.2) is 0 Å². The summed E-state index contributed by atoms with van der Waals surface area (Å²) >= 11 is 0. The normalized spacial score (nSPS) is 33.8. The van der Waals surface area contributed by atoms with Gasteiger partial charge in [-0.15, -0.1) is 0 Å². The molecule has 0 unspecified atom stereocenters. The van der Waals surface area contributed by atoms with Crippen molar-refractivity contribution in [3.05, 3.63) is 0 Å². The number of fused-ring (bicyclic) bond motifs is 1. The van der Waals surface area contributed by atoms with E-state index in [0.717, 1.165) is 19.4 Å². The van der Waals surface area contributed by atoms with Crippen LogP contribution in [-0.2, 0) is 33.2 Å². The van der Waals surface area contributed by atoms with Gasteiger partial charge in [0.25, 0.3) is 0 Å². The van der Waals surface area contributed by atoms with E-state index in [4.69, 9.17) is 33.2 Å². The highest BCUT2D eigenvalue weighted by molar-refractivity contribution is 4.99. The highest BCUT2D eigenvalue weighted by atomic mass is 16.8. The lowest BCUT2D eigenvalue weighted by atomic mass is 10.1. The minimum absolute atomic E-state index is 0.195. The average Bonchev–Trinajstić information content (AvgIpc) is 3.32. The van der Waals surface area contributed by atoms with Gasteiger partial charge in [0.05, 0.1) is 13.2 Å². The summed E-state index contributed by atoms with van der Waals surface area (Å²) in [5.41, 5.74) is 0. The van der Waals surface area contributed by atoms with Crippen LogP contribution in [0.25, 0.3) is 0 Å². The van der Waals surface area contributed by atoms with Gasteiger partial charge in [-0.05, 0) is 40.5 Å². The summed E-state index contributed by atoms with van der Waals surface area (Å²) < 4.78 is 41.9. The summed E-state index contributed by atoms with van der Waals surface area (Å²) in [7, 11) is 0. The molecule has 3 aliphatic rings. The topological polar surface area (TPSA) is 64.6 Å². The third kappa shape index (κ3) is 7.63. The number of hydrogen-bond acceptors (Lipinski definition) is 7. The van der Waals surface area contributed by atoms with Crippen LogP contribution in [0.15, 0.2) is 0 Å². The van der Waals surface area contributed by atoms with Gasteiger partial charge in [0.2, 0.25) is 0 Å². The molecule has 5 atom stereocenters. The van der Waals surface area contributed by atoms with E-state index in [-0.39, 0.29) is 24.4 Å². The van der Waals surface area contributed by atoms with Crippen molar-refractivity contribution in [3.63, 3.8) is 0 Å². The molecule has 3 rings (SSSR count). The highest BCUT2D eigenvalue weighted by Gasteiger charge is 2.59. The summed E-state index contributed by atoms with van der Waals surface area (Å²) in [4.78, 5) is 0. The molecule has 0 bridgehead atoms. The van der Waals surface area contributed by atoms with Gasteiger partial charge in [0, 0.05) is 13.2 Å². The molecule has 31 heavy (non-hydrogen) atoms. The second-order valence-corrected chi connectivity index (χ2v) is 9.86. The maximum Gasteiger partial charge on any atom is 0.187 e. The number of hydrogen-bond donors (Lipinski definition) is 0. The smallest absolute Gasteiger partial charge is 0.187 e. The fourth-order valence-electron chi connectivity index (χ4n) is 4.53. The highest BCUT2D eigenvalue weighted by Crippen LogP contribution is 2.42. The Balaban J connectivity index is 1.31. The van der Waals surface area contributed by atoms with Crippen molar-refractivity contribution in [3.8, 4) is 0 Å². The van der Waals surface area contributed by atoms with Crippen molar-refractivity contribution in [1.29, 1.82) is 0 Å². The second kappa shape index (κ2) is 11.7. The third-order valence-corrected chi connectivity index (χ3v) is 6.05. The first-order valence-electron chi connectivity index (χ1n) is 12.3. The first-order chi connectivity index (χ1) is 14.8. The van der Waals surface area contributed by atoms with Crippen LogP contribution in [0.4, 0.5) is 0 Å². The molecule has 182 valence electrons. The van der Waals surface area contributed by atoms with Gasteiger partial charge < -0.3 is 33.2 Å². The lowest BCUT2D eigenvalue weighted by molar-refractivity contribution is -0.247. The fourth-order valence-corrected chi connectivity index (χ4v) is 4.53. The van der Waals surface area contributed by atoms with Crippen LogP contribution in [0, 0.1) is 0 Å². The Hall–Kier alpha value is -0.280. The standard InChI is InChI=1S/C24H44O7/c1-6-7-8-9-10-11-12-14-25-15-13-16-26-22-21-20(30-24(4,5)31-21)19(28-22)18-17-27-23(2,3)29-18/h18-22H,6-17H2,1-5H3/t18-,19-,20+,21+,22+/m1/s1. The van der Waals surface area contributed by atoms with Gasteiger partial charge in [-0.2, -0.15) is 0 Å². The van der Waals surface area contributed by atoms with Gasteiger partial charge in [-0.3, -0.25) is 0 Å². The molecule has 0 aromatic heterocycles. The maximum atomic E-state index is 6.18. The predicted molar refractivity (Wildman–Crippen MR) is 117 cm³/mol. The van der Waals surface area contributed by atoms with Crippen LogP contribution in [-0.4, -0.2) is 68.7 Å². The van der Waals surface area contributed by atoms with Gasteiger partial charge >= 0.3 is 0 Å². The molecule has 7 nitrogen and oxygen atoms in total. The van der Waals surface area contributed by atoms with Crippen LogP contribution >= 0.6 is 0 Å². The molecule has 0 spiro atoms. The molecule has 0 aliphatic carbocycles. The monoisotopic (exact) mass is 444 g/mol. The third-order valence-electron chi connectivity index (χ3n) is 6.05. The molecule has 0 radical (unpaired) electrons. The molecule has 0 N–H and O–H groups in total. The summed E-state index contributed by atoms with van der Waals surface area (Å²) in [5, 5.41) is 0. The van der Waals surface area contributed by atoms with Crippen LogP contribution in [0.2, 0.25) is 0 Å². The van der Waals surface area contributed by atoms with Crippen molar-refractivity contribution in [2.75, 3.05) is 26.4 Å². The molecule has 7 heteroatoms. The van der Waals surface area contributed by atoms with E-state index in [9.17, 15) is 0 Å². The Morgan fingerprint density at radius 3 is 2.10 bits per heavy atom. The number of unbranched alkanes of at least 4 members (excludes halogenated alkanes) is 6. The Morgan fingerprint density at radius 1 is 0.710 bits per heavy atom. The Bertz CT molecular complexity index is 524. The Morgan fingerprint density at radius 2 is 1.39 bits per heavy atom. The summed E-state index contributed by atoms with van der Waals surface area (Å²) in [6.07, 6.45) is 8.51. The summed E-state index contributed by atoms with van der Waals surface area (Å²) in [5.74, 6) is -1.27. The molecular weight excluding hydrogens is 400 g/mol. The van der Waals surface area contributed by atoms with E-state index in [1.807, 2.05) is 27.7 Å². The van der Waals surface area contributed by atoms with Crippen molar-refractivity contribution in [2.24, 2.45) is 0 Å². The summed E-state index contributed by atoms with van der Waals surface area (Å²) in [6.45, 7) is 12.5. The molecule has 0 aromatic carbocycles. The molecule has 0 saturated carbocycles. The SMILES string of the molecule is CCCCCCCCCOCCCO[C@H]1O[C@H]([C@H]2COC(C)(C)O2)[C@@H]2OC(C)(C)O[C@H]12. The van der Waals surface area contributed by atoms with E-state index in [1.54, 1.807) is 0 Å². The van der Waals surface area contributed by atoms with Crippen molar-refractivity contribution >= 4 is 0 Å². The fraction of sp³-hybridized carbons (Fsp3) is 1.00. The van der Waals surface area contributed by atoms with Crippen LogP contribution in [0.5, 0.6) is 0 Å². The molecule has 3 saturated heterocycles. The summed E-state index contributed by atoms with van der Waals surface area (Å²) in [6, 6.07) is 0. The zero-order valence-corrected chi connectivity index (χ0v) is 20.2. The predicted octanol–water partition coefficient (Wildman–Crippen LogP) is 4.56. The van der Waals surface area contributed by atoms with Gasteiger partial charge in [0.1, 0.15) is 24.4 Å². The van der Waals surface area contributed by atoms with Crippen LogP contribution in [0.1, 0.15) is 86.0 Å². The Labute approximate surface area is 188 Å². The number of ether oxygens (including phenoxy) is 7. The minimum Gasteiger partial charge on any atom is -0.381 e. The maximum absolute atomic E-state index is 6.18. The van der Waals surface area contributed by atoms with Gasteiger partial charge in [0.15, 0.2) is 17.9 Å². The molecule has 3 fully saturated rings. The van der Waals surface area contributed by atoms with Gasteiger partial charge in [-0.1, -0.05) is 45.4 Å². The first kappa shape index (κ1) is 25.3. The van der Waals surface area contributed by atoms with Crippen LogP contribution < -0.4 is 0 Å². The van der Waals surface area contributed by atoms with Crippen molar-refractivity contribution in [2.45, 2.75) is 128 Å². The van der Waals surface area contributed by atoms with E-state index in [0.29, 0.717) is 19.8 Å². The molecular formula is C24H44O7. The lowest BCUT2D eigenvalue weighted by Gasteiger charge is -2.27. The zero-order chi connectivity index (χ0) is 22.3. The van der Waals surface area contributed by atoms with Crippen LogP contribution in [0.3, 0.4) is 0 Å². The largest absolute Gasteiger partial charge is 0.381 e. The number of rotatable bonds is 14. The second-order valence-electron chi connectivity index (χ2n) is 9.86. The quantitative estimate of drug-likeness (QED) is 0.364. The molecule has 0 aromatic rings.